The maximum absolute atomic E-state index is 6.03. The predicted octanol–water partition coefficient (Wildman–Crippen LogP) is 2.53. The van der Waals surface area contributed by atoms with Crippen LogP contribution in [0.5, 0.6) is 0 Å². The Balaban J connectivity index is 2.27. The fourth-order valence-electron chi connectivity index (χ4n) is 2.63. The van der Waals surface area contributed by atoms with Crippen LogP contribution in [0.3, 0.4) is 0 Å². The molecule has 1 aromatic carbocycles. The molecule has 1 fully saturated rings. The van der Waals surface area contributed by atoms with Crippen molar-refractivity contribution in [2.75, 3.05) is 0 Å². The summed E-state index contributed by atoms with van der Waals surface area (Å²) in [4.78, 5) is 0. The van der Waals surface area contributed by atoms with Crippen molar-refractivity contribution in [3.05, 3.63) is 35.9 Å². The van der Waals surface area contributed by atoms with E-state index in [2.05, 4.69) is 44.2 Å². The molecule has 13 heavy (non-hydrogen) atoms. The number of benzene rings is 1. The van der Waals surface area contributed by atoms with Crippen LogP contribution in [-0.2, 0) is 0 Å². The maximum atomic E-state index is 6.03. The number of nitrogens with two attached hydrogens (primary N) is 1. The van der Waals surface area contributed by atoms with E-state index in [1.807, 2.05) is 0 Å². The number of hydrogen-bond donors (Lipinski definition) is 1. The van der Waals surface area contributed by atoms with Crippen molar-refractivity contribution in [1.82, 2.24) is 0 Å². The lowest BCUT2D eigenvalue weighted by molar-refractivity contribution is 0.106. The molecule has 1 heteroatoms. The van der Waals surface area contributed by atoms with Gasteiger partial charge in [0.05, 0.1) is 0 Å². The van der Waals surface area contributed by atoms with Crippen molar-refractivity contribution in [3.63, 3.8) is 0 Å². The Bertz CT molecular complexity index is 289. The molecule has 2 atom stereocenters. The van der Waals surface area contributed by atoms with E-state index in [0.29, 0.717) is 17.4 Å². The Kier molecular flexibility index (Phi) is 1.92. The smallest absolute Gasteiger partial charge is 0.0118 e. The Labute approximate surface area is 80.0 Å². The van der Waals surface area contributed by atoms with E-state index >= 15 is 0 Å². The molecule has 2 N–H and O–H groups in total. The standard InChI is InChI=1S/C12H17N/c1-12(2)8-10(13)11(12)9-6-4-3-5-7-9/h3-7,10-11H,8,13H2,1-2H3. The zero-order valence-corrected chi connectivity index (χ0v) is 8.33. The van der Waals surface area contributed by atoms with Crippen LogP contribution in [0.4, 0.5) is 0 Å². The summed E-state index contributed by atoms with van der Waals surface area (Å²) in [6, 6.07) is 11.0. The van der Waals surface area contributed by atoms with Gasteiger partial charge in [0.2, 0.25) is 0 Å². The molecule has 0 amide bonds. The lowest BCUT2D eigenvalue weighted by Gasteiger charge is -2.50. The maximum Gasteiger partial charge on any atom is 0.0118 e. The summed E-state index contributed by atoms with van der Waals surface area (Å²) < 4.78 is 0. The summed E-state index contributed by atoms with van der Waals surface area (Å²) in [6.07, 6.45) is 1.15. The summed E-state index contributed by atoms with van der Waals surface area (Å²) in [6.45, 7) is 4.60. The van der Waals surface area contributed by atoms with E-state index in [1.165, 1.54) is 5.56 Å². The fourth-order valence-corrected chi connectivity index (χ4v) is 2.63. The highest BCUT2D eigenvalue weighted by molar-refractivity contribution is 5.27. The minimum absolute atomic E-state index is 0.359. The third-order valence-corrected chi connectivity index (χ3v) is 3.19. The third kappa shape index (κ3) is 1.37. The second-order valence-electron chi connectivity index (χ2n) is 4.74. The monoisotopic (exact) mass is 175 g/mol. The van der Waals surface area contributed by atoms with Crippen LogP contribution >= 0.6 is 0 Å². The first-order valence-electron chi connectivity index (χ1n) is 4.92. The second-order valence-corrected chi connectivity index (χ2v) is 4.74. The Hall–Kier alpha value is -0.820. The molecule has 2 unspecified atom stereocenters. The quantitative estimate of drug-likeness (QED) is 0.697. The number of hydrogen-bond acceptors (Lipinski definition) is 1. The SMILES string of the molecule is CC1(C)CC(N)C1c1ccccc1. The van der Waals surface area contributed by atoms with Crippen LogP contribution in [0.25, 0.3) is 0 Å². The van der Waals surface area contributed by atoms with Gasteiger partial charge in [-0.3, -0.25) is 0 Å². The normalized spacial score (nSPS) is 31.0. The van der Waals surface area contributed by atoms with Crippen molar-refractivity contribution in [1.29, 1.82) is 0 Å². The molecule has 70 valence electrons. The topological polar surface area (TPSA) is 26.0 Å². The van der Waals surface area contributed by atoms with Crippen molar-refractivity contribution in [2.24, 2.45) is 11.1 Å². The molecule has 1 nitrogen and oxygen atoms in total. The van der Waals surface area contributed by atoms with E-state index < -0.39 is 0 Å². The molecule has 0 saturated heterocycles. The molecule has 1 aliphatic carbocycles. The summed E-state index contributed by atoms with van der Waals surface area (Å²) in [5, 5.41) is 0. The molecular weight excluding hydrogens is 158 g/mol. The molecular formula is C12H17N. The van der Waals surface area contributed by atoms with Gasteiger partial charge in [0.25, 0.3) is 0 Å². The zero-order chi connectivity index (χ0) is 9.47. The molecule has 2 rings (SSSR count). The van der Waals surface area contributed by atoms with Crippen LogP contribution in [0.1, 0.15) is 31.7 Å². The molecule has 0 aromatic heterocycles. The summed E-state index contributed by atoms with van der Waals surface area (Å²) in [5.74, 6) is 0.550. The van der Waals surface area contributed by atoms with Crippen LogP contribution < -0.4 is 5.73 Å². The van der Waals surface area contributed by atoms with Crippen LogP contribution in [-0.4, -0.2) is 6.04 Å². The van der Waals surface area contributed by atoms with Gasteiger partial charge in [-0.1, -0.05) is 44.2 Å². The van der Waals surface area contributed by atoms with Gasteiger partial charge >= 0.3 is 0 Å². The molecule has 0 aliphatic heterocycles. The van der Waals surface area contributed by atoms with Gasteiger partial charge in [-0.2, -0.15) is 0 Å². The Morgan fingerprint density at radius 3 is 2.31 bits per heavy atom. The molecule has 0 bridgehead atoms. The molecule has 1 aromatic rings. The minimum atomic E-state index is 0.359. The van der Waals surface area contributed by atoms with Crippen LogP contribution in [0.15, 0.2) is 30.3 Å². The van der Waals surface area contributed by atoms with Crippen LogP contribution in [0.2, 0.25) is 0 Å². The second kappa shape index (κ2) is 2.85. The molecule has 0 spiro atoms. The summed E-state index contributed by atoms with van der Waals surface area (Å²) >= 11 is 0. The molecule has 1 saturated carbocycles. The highest BCUT2D eigenvalue weighted by atomic mass is 14.7. The van der Waals surface area contributed by atoms with E-state index in [-0.39, 0.29) is 0 Å². The van der Waals surface area contributed by atoms with Crippen molar-refractivity contribution < 1.29 is 0 Å². The average Bonchev–Trinajstić information content (AvgIpc) is 2.04. The molecule has 0 heterocycles. The minimum Gasteiger partial charge on any atom is -0.327 e. The van der Waals surface area contributed by atoms with E-state index in [1.54, 1.807) is 0 Å². The van der Waals surface area contributed by atoms with E-state index in [4.69, 9.17) is 5.73 Å². The highest BCUT2D eigenvalue weighted by Gasteiger charge is 2.45. The lowest BCUT2D eigenvalue weighted by atomic mass is 9.57. The average molecular weight is 175 g/mol. The molecule has 1 aliphatic rings. The fraction of sp³-hybridized carbons (Fsp3) is 0.500. The Morgan fingerprint density at radius 1 is 1.23 bits per heavy atom. The van der Waals surface area contributed by atoms with Gasteiger partial charge < -0.3 is 5.73 Å². The van der Waals surface area contributed by atoms with Gasteiger partial charge in [0.1, 0.15) is 0 Å². The Morgan fingerprint density at radius 2 is 1.85 bits per heavy atom. The van der Waals surface area contributed by atoms with Crippen molar-refractivity contribution in [3.8, 4) is 0 Å². The first-order valence-corrected chi connectivity index (χ1v) is 4.92. The van der Waals surface area contributed by atoms with Crippen molar-refractivity contribution >= 4 is 0 Å². The lowest BCUT2D eigenvalue weighted by Crippen LogP contribution is -2.50. The van der Waals surface area contributed by atoms with Gasteiger partial charge in [-0.05, 0) is 17.4 Å². The highest BCUT2D eigenvalue weighted by Crippen LogP contribution is 2.51. The van der Waals surface area contributed by atoms with Gasteiger partial charge in [-0.25, -0.2) is 0 Å². The predicted molar refractivity (Wildman–Crippen MR) is 55.6 cm³/mol. The van der Waals surface area contributed by atoms with Gasteiger partial charge in [0, 0.05) is 12.0 Å². The summed E-state index contributed by atoms with van der Waals surface area (Å²) in [7, 11) is 0. The largest absolute Gasteiger partial charge is 0.327 e. The van der Waals surface area contributed by atoms with E-state index in [0.717, 1.165) is 6.42 Å². The molecule has 0 radical (unpaired) electrons. The van der Waals surface area contributed by atoms with Gasteiger partial charge in [-0.15, -0.1) is 0 Å². The first-order chi connectivity index (χ1) is 6.11. The van der Waals surface area contributed by atoms with Gasteiger partial charge in [0.15, 0.2) is 0 Å². The van der Waals surface area contributed by atoms with Crippen LogP contribution in [0, 0.1) is 5.41 Å². The summed E-state index contributed by atoms with van der Waals surface area (Å²) in [5.41, 5.74) is 7.81. The van der Waals surface area contributed by atoms with E-state index in [9.17, 15) is 0 Å². The third-order valence-electron chi connectivity index (χ3n) is 3.19. The van der Waals surface area contributed by atoms with Crippen molar-refractivity contribution in [2.45, 2.75) is 32.2 Å². The first kappa shape index (κ1) is 8.76. The zero-order valence-electron chi connectivity index (χ0n) is 8.33. The number of rotatable bonds is 1.